The van der Waals surface area contributed by atoms with Crippen molar-refractivity contribution in [3.8, 4) is 0 Å². The smallest absolute Gasteiger partial charge is 0.181 e. The highest BCUT2D eigenvalue weighted by Crippen LogP contribution is 2.71. The van der Waals surface area contributed by atoms with Gasteiger partial charge in [0.2, 0.25) is 0 Å². The average molecular weight is 811 g/mol. The summed E-state index contributed by atoms with van der Waals surface area (Å²) in [7, 11) is 0. The van der Waals surface area contributed by atoms with E-state index in [-0.39, 0.29) is 0 Å². The molecule has 0 saturated heterocycles. The molecule has 4 aromatic carbocycles. The number of fused-ring (bicyclic) bond motifs is 2. The molecule has 0 fully saturated rings. The Morgan fingerprint density at radius 3 is 0.811 bits per heavy atom. The van der Waals surface area contributed by atoms with Crippen molar-refractivity contribution in [3.05, 3.63) is 153 Å². The summed E-state index contributed by atoms with van der Waals surface area (Å²) >= 11 is 20.3. The van der Waals surface area contributed by atoms with Crippen molar-refractivity contribution < 1.29 is 2.10 Å². The van der Waals surface area contributed by atoms with Crippen LogP contribution in [0.4, 0.5) is 0 Å². The monoisotopic (exact) mass is 810 g/mol. The van der Waals surface area contributed by atoms with Gasteiger partial charge in [0.1, 0.15) is 0 Å². The molecule has 2 aromatic heterocycles. The topological polar surface area (TPSA) is 19.7 Å². The van der Waals surface area contributed by atoms with Crippen molar-refractivity contribution in [2.45, 2.75) is 97.6 Å². The van der Waals surface area contributed by atoms with Crippen molar-refractivity contribution >= 4 is 72.2 Å². The number of quaternary nitrogens is 1. The molecule has 0 atom stereocenters. The van der Waals surface area contributed by atoms with Crippen LogP contribution in [0.3, 0.4) is 0 Å². The van der Waals surface area contributed by atoms with E-state index in [1.807, 2.05) is 47.8 Å². The van der Waals surface area contributed by atoms with Gasteiger partial charge in [-0.3, -0.25) is 0 Å². The molecule has 0 bridgehead atoms. The molecular formula is C42H44N5S6+. The third kappa shape index (κ3) is 8.52. The molecule has 0 N–H and O–H groups in total. The first-order valence-corrected chi connectivity index (χ1v) is 22.5. The van der Waals surface area contributed by atoms with Crippen LogP contribution in [-0.4, -0.2) is 20.4 Å². The minimum Gasteiger partial charge on any atom is -0.306 e. The summed E-state index contributed by atoms with van der Waals surface area (Å²) < 4.78 is 12.4. The zero-order valence-corrected chi connectivity index (χ0v) is 34.6. The molecule has 272 valence electrons. The van der Waals surface area contributed by atoms with Crippen molar-refractivity contribution in [2.75, 3.05) is 0 Å². The second-order valence-electron chi connectivity index (χ2n) is 13.6. The van der Waals surface area contributed by atoms with E-state index in [0.29, 0.717) is 0 Å². The number of hydrogen-bond acceptors (Lipinski definition) is 6. The number of aryl methyl sites for hydroxylation is 4. The first kappa shape index (κ1) is 37.0. The lowest BCUT2D eigenvalue weighted by atomic mass is 10.1. The quantitative estimate of drug-likeness (QED) is 0.0547. The first-order chi connectivity index (χ1) is 26.1. The van der Waals surface area contributed by atoms with Gasteiger partial charge in [0.15, 0.2) is 77.4 Å². The zero-order chi connectivity index (χ0) is 36.0. The summed E-state index contributed by atoms with van der Waals surface area (Å²) in [5, 5.41) is 5.23. The number of rotatable bonds is 16. The summed E-state index contributed by atoms with van der Waals surface area (Å²) in [4.78, 5) is 0. The Kier molecular flexibility index (Phi) is 12.1. The number of aromatic nitrogens is 4. The van der Waals surface area contributed by atoms with Crippen LogP contribution in [-0.2, 0) is 51.9 Å². The van der Waals surface area contributed by atoms with Gasteiger partial charge in [-0.2, -0.15) is 0 Å². The maximum atomic E-state index is 6.27. The predicted molar refractivity (Wildman–Crippen MR) is 229 cm³/mol. The lowest BCUT2D eigenvalue weighted by Crippen LogP contribution is -2.14. The van der Waals surface area contributed by atoms with Gasteiger partial charge >= 0.3 is 0 Å². The number of benzene rings is 4. The number of nitrogens with zero attached hydrogens (tertiary/aromatic N) is 5. The molecule has 8 rings (SSSR count). The molecule has 4 heterocycles. The fourth-order valence-corrected chi connectivity index (χ4v) is 14.7. The van der Waals surface area contributed by atoms with Crippen LogP contribution in [0.2, 0.25) is 0 Å². The molecule has 0 aliphatic carbocycles. The molecular weight excluding hydrogens is 767 g/mol. The second kappa shape index (κ2) is 17.3. The molecule has 0 saturated carbocycles. The minimum atomic E-state index is 0.718. The summed E-state index contributed by atoms with van der Waals surface area (Å²) in [5.41, 5.74) is 5.52. The SMILES string of the molecule is S=c1n(CCCc2ccccc2)c2c(n1CCCc1ccccc1)S[N+]1(S2)Sc2c(n(CCCc3ccccc3)c(=S)n2CCCc2ccccc2)S1. The van der Waals surface area contributed by atoms with Gasteiger partial charge in [-0.1, -0.05) is 123 Å². The molecule has 0 radical (unpaired) electrons. The van der Waals surface area contributed by atoms with E-state index in [0.717, 1.165) is 89.2 Å². The molecule has 5 nitrogen and oxygen atoms in total. The molecule has 0 amide bonds. The maximum Gasteiger partial charge on any atom is 0.181 e. The van der Waals surface area contributed by atoms with E-state index in [9.17, 15) is 0 Å². The van der Waals surface area contributed by atoms with Crippen molar-refractivity contribution in [1.29, 1.82) is 0 Å². The highest BCUT2D eigenvalue weighted by Gasteiger charge is 2.57. The van der Waals surface area contributed by atoms with Gasteiger partial charge in [0.05, 0.1) is 0 Å². The Morgan fingerprint density at radius 1 is 0.358 bits per heavy atom. The Balaban J connectivity index is 1.05. The Hall–Kier alpha value is -2.90. The first-order valence-electron chi connectivity index (χ1n) is 18.6. The molecule has 6 aromatic rings. The van der Waals surface area contributed by atoms with E-state index in [1.165, 1.54) is 42.4 Å². The Bertz CT molecular complexity index is 1930. The molecule has 0 unspecified atom stereocenters. The average Bonchev–Trinajstić information content (AvgIpc) is 3.88. The predicted octanol–water partition coefficient (Wildman–Crippen LogP) is 12.5. The van der Waals surface area contributed by atoms with Crippen molar-refractivity contribution in [2.24, 2.45) is 0 Å². The van der Waals surface area contributed by atoms with Gasteiger partial charge in [0, 0.05) is 26.2 Å². The third-order valence-corrected chi connectivity index (χ3v) is 16.9. The van der Waals surface area contributed by atoms with E-state index < -0.39 is 0 Å². The Morgan fingerprint density at radius 2 is 0.585 bits per heavy atom. The van der Waals surface area contributed by atoms with Crippen LogP contribution >= 0.6 is 72.2 Å². The molecule has 2 aliphatic heterocycles. The van der Waals surface area contributed by atoms with Crippen LogP contribution in [0, 0.1) is 9.54 Å². The number of imidazole rings is 2. The van der Waals surface area contributed by atoms with E-state index >= 15 is 0 Å². The molecule has 11 heteroatoms. The summed E-state index contributed by atoms with van der Waals surface area (Å²) in [6, 6.07) is 43.3. The third-order valence-electron chi connectivity index (χ3n) is 9.82. The van der Waals surface area contributed by atoms with Gasteiger partial charge in [-0.05, 0) is 98.1 Å². The van der Waals surface area contributed by atoms with Crippen molar-refractivity contribution in [3.63, 3.8) is 0 Å². The van der Waals surface area contributed by atoms with Crippen LogP contribution in [0.1, 0.15) is 47.9 Å². The lowest BCUT2D eigenvalue weighted by molar-refractivity contribution is -0.268. The second-order valence-corrected chi connectivity index (χ2v) is 20.1. The van der Waals surface area contributed by atoms with Gasteiger partial charge in [-0.25, -0.2) is 0 Å². The summed E-state index contributed by atoms with van der Waals surface area (Å²) in [6.45, 7) is 3.66. The van der Waals surface area contributed by atoms with Crippen LogP contribution < -0.4 is 0 Å². The van der Waals surface area contributed by atoms with E-state index in [2.05, 4.69) is 140 Å². The minimum absolute atomic E-state index is 0.718. The molecule has 53 heavy (non-hydrogen) atoms. The largest absolute Gasteiger partial charge is 0.306 e. The van der Waals surface area contributed by atoms with E-state index in [4.69, 9.17) is 24.4 Å². The summed E-state index contributed by atoms with van der Waals surface area (Å²) in [6.07, 6.45) is 8.38. The van der Waals surface area contributed by atoms with Crippen LogP contribution in [0.25, 0.3) is 0 Å². The van der Waals surface area contributed by atoms with E-state index in [1.54, 1.807) is 0 Å². The van der Waals surface area contributed by atoms with Crippen LogP contribution in [0.15, 0.2) is 141 Å². The van der Waals surface area contributed by atoms with Crippen LogP contribution in [0.5, 0.6) is 0 Å². The summed E-state index contributed by atoms with van der Waals surface area (Å²) in [5.74, 6) is 0. The van der Waals surface area contributed by atoms with Crippen molar-refractivity contribution in [1.82, 2.24) is 18.3 Å². The van der Waals surface area contributed by atoms with Gasteiger partial charge < -0.3 is 18.3 Å². The standard InChI is InChI=1S/C42H44N5S6/c48-41-43(29-13-25-33-17-5-1-6-18-33)37-38(44(41)30-14-26-34-19-7-2-8-20-34)51-47(50-37)52-39-40(53-47)46(32-16-28-36-23-11-4-12-24-36)42(49)45(39)31-15-27-35-21-9-3-10-22-35/h1-12,17-24H,13-16,25-32H2/q+1. The highest BCUT2D eigenvalue weighted by molar-refractivity contribution is 8.31. The maximum absolute atomic E-state index is 6.27. The number of hydrogen-bond donors (Lipinski definition) is 0. The normalized spacial score (nSPS) is 14.2. The van der Waals surface area contributed by atoms with Gasteiger partial charge in [0.25, 0.3) is 0 Å². The fourth-order valence-electron chi connectivity index (χ4n) is 7.12. The zero-order valence-electron chi connectivity index (χ0n) is 29.7. The molecule has 1 spiro atoms. The van der Waals surface area contributed by atoms with Gasteiger partial charge in [-0.15, -0.1) is 0 Å². The fraction of sp³-hybridized carbons (Fsp3) is 0.286. The highest BCUT2D eigenvalue weighted by atomic mass is 32.3. The Labute approximate surface area is 341 Å². The lowest BCUT2D eigenvalue weighted by Gasteiger charge is -2.19. The molecule has 2 aliphatic rings.